The van der Waals surface area contributed by atoms with Gasteiger partial charge < -0.3 is 14.7 Å². The van der Waals surface area contributed by atoms with Crippen molar-refractivity contribution in [1.82, 2.24) is 9.80 Å². The van der Waals surface area contributed by atoms with Gasteiger partial charge in [-0.3, -0.25) is 9.59 Å². The lowest BCUT2D eigenvalue weighted by atomic mass is 9.90. The van der Waals surface area contributed by atoms with Crippen molar-refractivity contribution < 1.29 is 9.59 Å². The number of anilines is 1. The standard InChI is InChI=1S/C22H33Cl2N3O2/c1-15(2)20(25(6)19(28)14-22(3,4)5)21(29)27-11-9-26(10-12-27)16-7-8-17(23)18(24)13-16/h7-8,13,15,20H,9-12,14H2,1-6H3/t20-/m1/s1. The number of piperazine rings is 1. The van der Waals surface area contributed by atoms with E-state index >= 15 is 0 Å². The van der Waals surface area contributed by atoms with Gasteiger partial charge >= 0.3 is 0 Å². The van der Waals surface area contributed by atoms with E-state index in [0.717, 1.165) is 5.69 Å². The van der Waals surface area contributed by atoms with Crippen LogP contribution in [0.2, 0.25) is 10.0 Å². The predicted octanol–water partition coefficient (Wildman–Crippen LogP) is 4.56. The Labute approximate surface area is 184 Å². The summed E-state index contributed by atoms with van der Waals surface area (Å²) < 4.78 is 0. The number of rotatable bonds is 5. The van der Waals surface area contributed by atoms with Crippen molar-refractivity contribution in [3.05, 3.63) is 28.2 Å². The molecule has 0 spiro atoms. The number of amides is 2. The average Bonchev–Trinajstić information content (AvgIpc) is 2.62. The number of benzene rings is 1. The third-order valence-corrected chi connectivity index (χ3v) is 5.98. The Kier molecular flexibility index (Phi) is 7.86. The fourth-order valence-electron chi connectivity index (χ4n) is 3.69. The molecule has 0 saturated carbocycles. The molecule has 0 radical (unpaired) electrons. The van der Waals surface area contributed by atoms with Crippen molar-refractivity contribution in [2.75, 3.05) is 38.1 Å². The van der Waals surface area contributed by atoms with Crippen LogP contribution in [0.5, 0.6) is 0 Å². The van der Waals surface area contributed by atoms with Crippen LogP contribution in [-0.2, 0) is 9.59 Å². The molecule has 1 saturated heterocycles. The van der Waals surface area contributed by atoms with Gasteiger partial charge in [0.15, 0.2) is 0 Å². The van der Waals surface area contributed by atoms with Gasteiger partial charge in [-0.15, -0.1) is 0 Å². The normalized spacial score (nSPS) is 16.2. The van der Waals surface area contributed by atoms with Crippen molar-refractivity contribution in [1.29, 1.82) is 0 Å². The van der Waals surface area contributed by atoms with E-state index in [4.69, 9.17) is 23.2 Å². The number of hydrogen-bond acceptors (Lipinski definition) is 3. The van der Waals surface area contributed by atoms with Crippen LogP contribution in [-0.4, -0.2) is 60.9 Å². The van der Waals surface area contributed by atoms with Crippen LogP contribution in [0.15, 0.2) is 18.2 Å². The molecule has 1 aromatic rings. The van der Waals surface area contributed by atoms with Crippen LogP contribution in [0, 0.1) is 11.3 Å². The van der Waals surface area contributed by atoms with Crippen molar-refractivity contribution in [3.63, 3.8) is 0 Å². The summed E-state index contributed by atoms with van der Waals surface area (Å²) in [6.07, 6.45) is 0.422. The molecule has 0 aliphatic carbocycles. The van der Waals surface area contributed by atoms with Gasteiger partial charge in [-0.05, 0) is 29.5 Å². The Hall–Kier alpha value is -1.46. The Morgan fingerprint density at radius 2 is 1.66 bits per heavy atom. The van der Waals surface area contributed by atoms with Gasteiger partial charge in [0.25, 0.3) is 0 Å². The number of halogens is 2. The van der Waals surface area contributed by atoms with Gasteiger partial charge in [0.1, 0.15) is 6.04 Å². The lowest BCUT2D eigenvalue weighted by Gasteiger charge is -2.40. The summed E-state index contributed by atoms with van der Waals surface area (Å²) in [7, 11) is 1.75. The van der Waals surface area contributed by atoms with E-state index in [1.165, 1.54) is 0 Å². The van der Waals surface area contributed by atoms with Gasteiger partial charge in [0, 0.05) is 45.3 Å². The Morgan fingerprint density at radius 3 is 2.14 bits per heavy atom. The van der Waals surface area contributed by atoms with Crippen molar-refractivity contribution in [2.24, 2.45) is 11.3 Å². The summed E-state index contributed by atoms with van der Waals surface area (Å²) in [5.74, 6) is 0.0852. The summed E-state index contributed by atoms with van der Waals surface area (Å²) in [6, 6.07) is 5.15. The van der Waals surface area contributed by atoms with Crippen LogP contribution in [0.1, 0.15) is 41.0 Å². The Morgan fingerprint density at radius 1 is 1.07 bits per heavy atom. The first kappa shape index (κ1) is 23.8. The number of nitrogens with zero attached hydrogens (tertiary/aromatic N) is 3. The SMILES string of the molecule is CC(C)[C@H](C(=O)N1CCN(c2ccc(Cl)c(Cl)c2)CC1)N(C)C(=O)CC(C)(C)C. The van der Waals surface area contributed by atoms with Gasteiger partial charge in [0.05, 0.1) is 10.0 Å². The maximum atomic E-state index is 13.3. The molecule has 7 heteroatoms. The summed E-state index contributed by atoms with van der Waals surface area (Å²) in [5, 5.41) is 1.06. The lowest BCUT2D eigenvalue weighted by molar-refractivity contribution is -0.147. The summed E-state index contributed by atoms with van der Waals surface area (Å²) in [5.41, 5.74) is 0.894. The average molecular weight is 442 g/mol. The number of hydrogen-bond donors (Lipinski definition) is 0. The minimum Gasteiger partial charge on any atom is -0.368 e. The van der Waals surface area contributed by atoms with Crippen LogP contribution in [0.3, 0.4) is 0 Å². The molecule has 0 unspecified atom stereocenters. The maximum absolute atomic E-state index is 13.3. The number of carbonyl (C=O) groups excluding carboxylic acids is 2. The van der Waals surface area contributed by atoms with E-state index in [2.05, 4.69) is 4.90 Å². The molecule has 0 aromatic heterocycles. The van der Waals surface area contributed by atoms with Crippen LogP contribution >= 0.6 is 23.2 Å². The summed E-state index contributed by atoms with van der Waals surface area (Å²) >= 11 is 12.1. The molecule has 0 bridgehead atoms. The smallest absolute Gasteiger partial charge is 0.245 e. The third kappa shape index (κ3) is 6.26. The molecule has 162 valence electrons. The zero-order chi connectivity index (χ0) is 21.9. The molecule has 5 nitrogen and oxygen atoms in total. The monoisotopic (exact) mass is 441 g/mol. The van der Waals surface area contributed by atoms with Gasteiger partial charge in [-0.1, -0.05) is 57.8 Å². The van der Waals surface area contributed by atoms with Crippen LogP contribution in [0.4, 0.5) is 5.69 Å². The van der Waals surface area contributed by atoms with Gasteiger partial charge in [-0.25, -0.2) is 0 Å². The zero-order valence-electron chi connectivity index (χ0n) is 18.3. The van der Waals surface area contributed by atoms with E-state index in [1.807, 2.05) is 51.7 Å². The molecule has 1 aromatic carbocycles. The molecule has 1 aliphatic heterocycles. The van der Waals surface area contributed by atoms with Gasteiger partial charge in [0.2, 0.25) is 11.8 Å². The third-order valence-electron chi connectivity index (χ3n) is 5.24. The minimum absolute atomic E-state index is 0.0130. The predicted molar refractivity (Wildman–Crippen MR) is 121 cm³/mol. The first-order valence-corrected chi connectivity index (χ1v) is 10.9. The summed E-state index contributed by atoms with van der Waals surface area (Å²) in [6.45, 7) is 12.8. The largest absolute Gasteiger partial charge is 0.368 e. The molecule has 1 heterocycles. The second-order valence-corrected chi connectivity index (χ2v) is 10.2. The zero-order valence-corrected chi connectivity index (χ0v) is 19.8. The Balaban J connectivity index is 2.04. The topological polar surface area (TPSA) is 43.9 Å². The lowest BCUT2D eigenvalue weighted by Crippen LogP contribution is -2.57. The first-order chi connectivity index (χ1) is 13.4. The van der Waals surface area contributed by atoms with E-state index in [1.54, 1.807) is 18.0 Å². The number of likely N-dealkylation sites (N-methyl/N-ethyl adjacent to an activating group) is 1. The van der Waals surface area contributed by atoms with Crippen molar-refractivity contribution >= 4 is 40.7 Å². The Bertz CT molecular complexity index is 738. The van der Waals surface area contributed by atoms with Gasteiger partial charge in [-0.2, -0.15) is 0 Å². The van der Waals surface area contributed by atoms with Crippen LogP contribution in [0.25, 0.3) is 0 Å². The van der Waals surface area contributed by atoms with E-state index in [-0.39, 0.29) is 23.1 Å². The highest BCUT2D eigenvalue weighted by atomic mass is 35.5. The number of carbonyl (C=O) groups is 2. The summed E-state index contributed by atoms with van der Waals surface area (Å²) in [4.78, 5) is 31.7. The molecular weight excluding hydrogens is 409 g/mol. The van der Waals surface area contributed by atoms with Crippen LogP contribution < -0.4 is 4.90 Å². The fourth-order valence-corrected chi connectivity index (χ4v) is 3.98. The maximum Gasteiger partial charge on any atom is 0.245 e. The molecular formula is C22H33Cl2N3O2. The molecule has 1 aliphatic rings. The van der Waals surface area contributed by atoms with Crippen molar-refractivity contribution in [2.45, 2.75) is 47.1 Å². The molecule has 2 rings (SSSR count). The molecule has 1 atom stereocenters. The van der Waals surface area contributed by atoms with Crippen molar-refractivity contribution in [3.8, 4) is 0 Å². The van der Waals surface area contributed by atoms with E-state index in [9.17, 15) is 9.59 Å². The second-order valence-electron chi connectivity index (χ2n) is 9.34. The minimum atomic E-state index is -0.443. The molecule has 29 heavy (non-hydrogen) atoms. The van der Waals surface area contributed by atoms with E-state index < -0.39 is 6.04 Å². The van der Waals surface area contributed by atoms with E-state index in [0.29, 0.717) is 42.6 Å². The second kappa shape index (κ2) is 9.57. The highest BCUT2D eigenvalue weighted by Crippen LogP contribution is 2.28. The highest BCUT2D eigenvalue weighted by molar-refractivity contribution is 6.42. The highest BCUT2D eigenvalue weighted by Gasteiger charge is 2.35. The molecule has 0 N–H and O–H groups in total. The fraction of sp³-hybridized carbons (Fsp3) is 0.636. The first-order valence-electron chi connectivity index (χ1n) is 10.1. The molecule has 1 fully saturated rings. The molecule has 2 amide bonds. The quantitative estimate of drug-likeness (QED) is 0.672.